The molecule has 0 amide bonds. The summed E-state index contributed by atoms with van der Waals surface area (Å²) in [5.74, 6) is 0. The molecule has 0 aliphatic heterocycles. The van der Waals surface area contributed by atoms with Crippen LogP contribution in [0, 0.1) is 0 Å². The van der Waals surface area contributed by atoms with E-state index in [1.54, 1.807) is 18.5 Å². The molecule has 1 aromatic carbocycles. The van der Waals surface area contributed by atoms with Crippen molar-refractivity contribution in [1.82, 2.24) is 4.98 Å². The minimum absolute atomic E-state index is 0. The number of pyridine rings is 1. The highest BCUT2D eigenvalue weighted by Crippen LogP contribution is 2.14. The Morgan fingerprint density at radius 1 is 1.14 bits per heavy atom. The van der Waals surface area contributed by atoms with E-state index in [0.29, 0.717) is 0 Å². The van der Waals surface area contributed by atoms with Gasteiger partial charge >= 0.3 is 0 Å². The number of fused-ring (bicyclic) bond motifs is 1. The normalized spacial score (nSPS) is 8.57. The minimum Gasteiger partial charge on any atom is -0.298 e. The number of carbonyl (C=O) groups is 1. The third-order valence-corrected chi connectivity index (χ3v) is 1.84. The van der Waals surface area contributed by atoms with Crippen molar-refractivity contribution in [3.8, 4) is 0 Å². The molecule has 0 atom stereocenters. The average molecular weight is 230 g/mol. The summed E-state index contributed by atoms with van der Waals surface area (Å²) < 4.78 is 0. The van der Waals surface area contributed by atoms with Crippen molar-refractivity contribution in [2.75, 3.05) is 0 Å². The van der Waals surface area contributed by atoms with Crippen LogP contribution in [0.25, 0.3) is 10.8 Å². The van der Waals surface area contributed by atoms with E-state index >= 15 is 0 Å². The molecule has 2 aromatic rings. The van der Waals surface area contributed by atoms with Gasteiger partial charge in [-0.3, -0.25) is 9.78 Å². The summed E-state index contributed by atoms with van der Waals surface area (Å²) in [5.41, 5.74) is 0.718. The van der Waals surface area contributed by atoms with Gasteiger partial charge in [0.2, 0.25) is 0 Å². The summed E-state index contributed by atoms with van der Waals surface area (Å²) >= 11 is 0. The smallest absolute Gasteiger partial charge is 0.150 e. The van der Waals surface area contributed by atoms with Crippen molar-refractivity contribution in [1.29, 1.82) is 0 Å². The van der Waals surface area contributed by atoms with Crippen LogP contribution in [0.2, 0.25) is 0 Å². The predicted octanol–water partition coefficient (Wildman–Crippen LogP) is 2.89. The monoisotopic (exact) mass is 229 g/mol. The highest BCUT2D eigenvalue weighted by Gasteiger charge is 1.96. The van der Waals surface area contributed by atoms with E-state index in [2.05, 4.69) is 4.98 Å². The first-order chi connectivity index (χ1) is 5.92. The van der Waals surface area contributed by atoms with Crippen LogP contribution < -0.4 is 0 Å². The number of hydrogen-bond acceptors (Lipinski definition) is 2. The first-order valence-electron chi connectivity index (χ1n) is 3.70. The van der Waals surface area contributed by atoms with Gasteiger partial charge in [-0.1, -0.05) is 18.2 Å². The van der Waals surface area contributed by atoms with Crippen LogP contribution in [0.3, 0.4) is 0 Å². The zero-order chi connectivity index (χ0) is 8.39. The minimum atomic E-state index is 0. The maximum Gasteiger partial charge on any atom is 0.150 e. The van der Waals surface area contributed by atoms with Gasteiger partial charge < -0.3 is 0 Å². The van der Waals surface area contributed by atoms with E-state index in [4.69, 9.17) is 0 Å². The highest BCUT2D eigenvalue weighted by molar-refractivity contribution is 5.97. The quantitative estimate of drug-likeness (QED) is 0.705. The number of halogens is 2. The van der Waals surface area contributed by atoms with Crippen molar-refractivity contribution < 1.29 is 4.79 Å². The highest BCUT2D eigenvalue weighted by atomic mass is 35.5. The third kappa shape index (κ3) is 2.22. The number of benzene rings is 1. The Labute approximate surface area is 94.2 Å². The summed E-state index contributed by atoms with van der Waals surface area (Å²) in [6.07, 6.45) is 4.31. The van der Waals surface area contributed by atoms with Crippen molar-refractivity contribution in [3.63, 3.8) is 0 Å². The number of aromatic nitrogens is 1. The first kappa shape index (κ1) is 12.9. The van der Waals surface area contributed by atoms with Gasteiger partial charge in [-0.15, -0.1) is 24.8 Å². The number of rotatable bonds is 1. The van der Waals surface area contributed by atoms with Gasteiger partial charge in [-0.05, 0) is 11.5 Å². The molecule has 0 aliphatic rings. The molecule has 0 unspecified atom stereocenters. The molecule has 14 heavy (non-hydrogen) atoms. The molecular formula is C10H9Cl2NO. The van der Waals surface area contributed by atoms with Gasteiger partial charge in [0.25, 0.3) is 0 Å². The summed E-state index contributed by atoms with van der Waals surface area (Å²) in [6.45, 7) is 0. The summed E-state index contributed by atoms with van der Waals surface area (Å²) in [7, 11) is 0. The summed E-state index contributed by atoms with van der Waals surface area (Å²) in [5, 5.41) is 1.96. The Morgan fingerprint density at radius 3 is 2.64 bits per heavy atom. The van der Waals surface area contributed by atoms with Crippen LogP contribution in [0.5, 0.6) is 0 Å². The molecule has 1 aromatic heterocycles. The van der Waals surface area contributed by atoms with Crippen molar-refractivity contribution in [2.24, 2.45) is 0 Å². The molecule has 0 spiro atoms. The fraction of sp³-hybridized carbons (Fsp3) is 0. The summed E-state index contributed by atoms with van der Waals surface area (Å²) in [4.78, 5) is 14.6. The second-order valence-electron chi connectivity index (χ2n) is 2.56. The molecular weight excluding hydrogens is 221 g/mol. The van der Waals surface area contributed by atoms with E-state index in [9.17, 15) is 4.79 Å². The number of carbonyl (C=O) groups excluding carboxylic acids is 1. The molecule has 2 rings (SSSR count). The number of aldehydes is 1. The van der Waals surface area contributed by atoms with Crippen molar-refractivity contribution >= 4 is 41.9 Å². The number of nitrogens with zero attached hydrogens (tertiary/aromatic N) is 1. The zero-order valence-corrected chi connectivity index (χ0v) is 8.85. The SMILES string of the molecule is Cl.Cl.O=Cc1cccc2cnccc12. The lowest BCUT2D eigenvalue weighted by Crippen LogP contribution is -1.82. The van der Waals surface area contributed by atoms with Crippen LogP contribution in [0.1, 0.15) is 10.4 Å². The van der Waals surface area contributed by atoms with Gasteiger partial charge in [0.1, 0.15) is 0 Å². The Kier molecular flexibility index (Phi) is 5.13. The fourth-order valence-electron chi connectivity index (χ4n) is 1.25. The Hall–Kier alpha value is -1.12. The van der Waals surface area contributed by atoms with Gasteiger partial charge in [-0.25, -0.2) is 0 Å². The maximum atomic E-state index is 10.6. The van der Waals surface area contributed by atoms with Crippen LogP contribution >= 0.6 is 24.8 Å². The lowest BCUT2D eigenvalue weighted by atomic mass is 10.1. The topological polar surface area (TPSA) is 30.0 Å². The van der Waals surface area contributed by atoms with Crippen LogP contribution in [0.15, 0.2) is 36.7 Å². The molecule has 2 nitrogen and oxygen atoms in total. The average Bonchev–Trinajstić information content (AvgIpc) is 2.17. The van der Waals surface area contributed by atoms with Crippen LogP contribution in [-0.4, -0.2) is 11.3 Å². The number of hydrogen-bond donors (Lipinski definition) is 0. The standard InChI is InChI=1S/C10H7NO.2ClH/c12-7-9-3-1-2-8-6-11-5-4-10(8)9;;/h1-7H;2*1H. The molecule has 1 heterocycles. The van der Waals surface area contributed by atoms with E-state index in [-0.39, 0.29) is 24.8 Å². The van der Waals surface area contributed by atoms with E-state index in [1.807, 2.05) is 18.2 Å². The predicted molar refractivity (Wildman–Crippen MR) is 61.6 cm³/mol. The second kappa shape index (κ2) is 5.58. The van der Waals surface area contributed by atoms with Crippen LogP contribution in [-0.2, 0) is 0 Å². The van der Waals surface area contributed by atoms with E-state index < -0.39 is 0 Å². The molecule has 0 radical (unpaired) electrons. The molecule has 0 saturated heterocycles. The Balaban J connectivity index is 0.000000845. The largest absolute Gasteiger partial charge is 0.298 e. The molecule has 74 valence electrons. The van der Waals surface area contributed by atoms with E-state index in [0.717, 1.165) is 22.6 Å². The molecule has 0 fully saturated rings. The molecule has 0 N–H and O–H groups in total. The van der Waals surface area contributed by atoms with Gasteiger partial charge in [-0.2, -0.15) is 0 Å². The molecule has 0 bridgehead atoms. The van der Waals surface area contributed by atoms with Gasteiger partial charge in [0.15, 0.2) is 6.29 Å². The lowest BCUT2D eigenvalue weighted by molar-refractivity contribution is 0.112. The van der Waals surface area contributed by atoms with Gasteiger partial charge in [0, 0.05) is 23.3 Å². The first-order valence-corrected chi connectivity index (χ1v) is 3.70. The van der Waals surface area contributed by atoms with Crippen LogP contribution in [0.4, 0.5) is 0 Å². The Bertz CT molecular complexity index is 426. The van der Waals surface area contributed by atoms with E-state index in [1.165, 1.54) is 0 Å². The fourth-order valence-corrected chi connectivity index (χ4v) is 1.25. The third-order valence-electron chi connectivity index (χ3n) is 1.84. The summed E-state index contributed by atoms with van der Waals surface area (Å²) in [6, 6.07) is 7.44. The lowest BCUT2D eigenvalue weighted by Gasteiger charge is -1.97. The second-order valence-corrected chi connectivity index (χ2v) is 2.56. The Morgan fingerprint density at radius 2 is 1.93 bits per heavy atom. The molecule has 4 heteroatoms. The maximum absolute atomic E-state index is 10.6. The molecule has 0 saturated carbocycles. The zero-order valence-electron chi connectivity index (χ0n) is 7.21. The van der Waals surface area contributed by atoms with Gasteiger partial charge in [0.05, 0.1) is 0 Å². The molecule has 0 aliphatic carbocycles. The van der Waals surface area contributed by atoms with Crippen molar-refractivity contribution in [3.05, 3.63) is 42.2 Å². The van der Waals surface area contributed by atoms with Crippen molar-refractivity contribution in [2.45, 2.75) is 0 Å².